The van der Waals surface area contributed by atoms with Gasteiger partial charge in [-0.15, -0.1) is 0 Å². The molecule has 30 heavy (non-hydrogen) atoms. The van der Waals surface area contributed by atoms with E-state index in [1.165, 1.54) is 24.6 Å². The van der Waals surface area contributed by atoms with Crippen molar-refractivity contribution in [1.29, 1.82) is 0 Å². The van der Waals surface area contributed by atoms with Crippen LogP contribution in [-0.2, 0) is 16.6 Å². The number of anilines is 1. The van der Waals surface area contributed by atoms with Gasteiger partial charge >= 0.3 is 0 Å². The number of halogens is 1. The first-order chi connectivity index (χ1) is 14.4. The first-order valence-electron chi connectivity index (χ1n) is 9.02. The fourth-order valence-corrected chi connectivity index (χ4v) is 4.89. The van der Waals surface area contributed by atoms with E-state index in [0.717, 1.165) is 5.56 Å². The molecule has 0 unspecified atom stereocenters. The summed E-state index contributed by atoms with van der Waals surface area (Å²) in [5, 5.41) is 0.142. The van der Waals surface area contributed by atoms with E-state index in [1.54, 1.807) is 61.7 Å². The molecule has 3 aromatic carbocycles. The van der Waals surface area contributed by atoms with Gasteiger partial charge in [-0.2, -0.15) is 0 Å². The molecular formula is C22H22ClNO5S. The number of hydrogen-bond donors (Lipinski definition) is 0. The summed E-state index contributed by atoms with van der Waals surface area (Å²) in [5.74, 6) is 1.56. The molecule has 0 aromatic heterocycles. The van der Waals surface area contributed by atoms with Crippen LogP contribution >= 0.6 is 11.6 Å². The first kappa shape index (κ1) is 21.8. The summed E-state index contributed by atoms with van der Waals surface area (Å²) < 4.78 is 44.5. The predicted octanol–water partition coefficient (Wildman–Crippen LogP) is 4.76. The van der Waals surface area contributed by atoms with Crippen molar-refractivity contribution in [2.75, 3.05) is 25.6 Å². The lowest BCUT2D eigenvalue weighted by molar-refractivity contribution is 0.394. The van der Waals surface area contributed by atoms with Crippen LogP contribution in [0.4, 0.5) is 5.69 Å². The molecule has 0 aliphatic heterocycles. The normalized spacial score (nSPS) is 11.1. The van der Waals surface area contributed by atoms with Crippen molar-refractivity contribution < 1.29 is 22.6 Å². The van der Waals surface area contributed by atoms with E-state index in [2.05, 4.69) is 0 Å². The average Bonchev–Trinajstić information content (AvgIpc) is 2.77. The molecule has 0 saturated carbocycles. The summed E-state index contributed by atoms with van der Waals surface area (Å²) in [7, 11) is 0.572. The molecule has 0 N–H and O–H groups in total. The average molecular weight is 448 g/mol. The minimum atomic E-state index is -4.00. The highest BCUT2D eigenvalue weighted by Crippen LogP contribution is 2.35. The van der Waals surface area contributed by atoms with Crippen molar-refractivity contribution in [3.05, 3.63) is 77.3 Å². The maximum atomic E-state index is 13.6. The Morgan fingerprint density at radius 3 is 2.03 bits per heavy atom. The third-order valence-electron chi connectivity index (χ3n) is 4.49. The van der Waals surface area contributed by atoms with Gasteiger partial charge in [0.2, 0.25) is 0 Å². The van der Waals surface area contributed by atoms with E-state index in [-0.39, 0.29) is 16.5 Å². The van der Waals surface area contributed by atoms with Crippen LogP contribution in [0.15, 0.2) is 71.6 Å². The molecule has 0 atom stereocenters. The van der Waals surface area contributed by atoms with Gasteiger partial charge in [0.15, 0.2) is 0 Å². The minimum absolute atomic E-state index is 0.0105. The molecule has 0 amide bonds. The molecule has 0 saturated heterocycles. The Morgan fingerprint density at radius 1 is 0.800 bits per heavy atom. The van der Waals surface area contributed by atoms with Crippen LogP contribution in [0.5, 0.6) is 17.2 Å². The fourth-order valence-electron chi connectivity index (χ4n) is 2.96. The van der Waals surface area contributed by atoms with Crippen molar-refractivity contribution in [2.24, 2.45) is 0 Å². The van der Waals surface area contributed by atoms with E-state index in [0.29, 0.717) is 22.9 Å². The summed E-state index contributed by atoms with van der Waals surface area (Å²) in [4.78, 5) is 0.0105. The van der Waals surface area contributed by atoms with Gasteiger partial charge in [0.1, 0.15) is 22.1 Å². The summed E-state index contributed by atoms with van der Waals surface area (Å²) in [6, 6.07) is 18.5. The monoisotopic (exact) mass is 447 g/mol. The number of hydrogen-bond acceptors (Lipinski definition) is 5. The summed E-state index contributed by atoms with van der Waals surface area (Å²) in [5.41, 5.74) is 1.13. The van der Waals surface area contributed by atoms with Gasteiger partial charge in [-0.3, -0.25) is 4.31 Å². The quantitative estimate of drug-likeness (QED) is 0.498. The standard InChI is InChI=1S/C22H22ClNO5S/c1-27-18-8-6-7-16(11-18)15-24(17-12-19(28-2)14-20(13-17)29-3)30(25,26)22-10-5-4-9-21(22)23/h4-14H,15H2,1-3H3. The van der Waals surface area contributed by atoms with E-state index < -0.39 is 10.0 Å². The van der Waals surface area contributed by atoms with Crippen LogP contribution in [0.3, 0.4) is 0 Å². The first-order valence-corrected chi connectivity index (χ1v) is 10.8. The minimum Gasteiger partial charge on any atom is -0.497 e. The van der Waals surface area contributed by atoms with Gasteiger partial charge in [0, 0.05) is 18.2 Å². The zero-order valence-corrected chi connectivity index (χ0v) is 18.4. The highest BCUT2D eigenvalue weighted by Gasteiger charge is 2.28. The van der Waals surface area contributed by atoms with Gasteiger partial charge in [0.25, 0.3) is 10.0 Å². The van der Waals surface area contributed by atoms with Crippen molar-refractivity contribution in [1.82, 2.24) is 0 Å². The zero-order chi connectivity index (χ0) is 21.7. The summed E-state index contributed by atoms with van der Waals surface area (Å²) >= 11 is 6.23. The van der Waals surface area contributed by atoms with Gasteiger partial charge in [-0.05, 0) is 29.8 Å². The number of ether oxygens (including phenoxy) is 3. The Kier molecular flexibility index (Phi) is 6.74. The Hall–Kier alpha value is -2.90. The highest BCUT2D eigenvalue weighted by atomic mass is 35.5. The molecule has 8 heteroatoms. The second kappa shape index (κ2) is 9.28. The van der Waals surface area contributed by atoms with Gasteiger partial charge < -0.3 is 14.2 Å². The van der Waals surface area contributed by atoms with Gasteiger partial charge in [-0.1, -0.05) is 35.9 Å². The van der Waals surface area contributed by atoms with Gasteiger partial charge in [-0.25, -0.2) is 8.42 Å². The molecule has 0 radical (unpaired) electrons. The van der Waals surface area contributed by atoms with Gasteiger partial charge in [0.05, 0.1) is 38.6 Å². The molecule has 0 fully saturated rings. The fraction of sp³-hybridized carbons (Fsp3) is 0.182. The Bertz CT molecular complexity index is 1110. The molecule has 0 spiro atoms. The molecule has 3 aromatic rings. The molecule has 158 valence electrons. The molecule has 6 nitrogen and oxygen atoms in total. The van der Waals surface area contributed by atoms with E-state index in [9.17, 15) is 8.42 Å². The lowest BCUT2D eigenvalue weighted by atomic mass is 10.2. The van der Waals surface area contributed by atoms with E-state index >= 15 is 0 Å². The van der Waals surface area contributed by atoms with Crippen LogP contribution in [0.2, 0.25) is 5.02 Å². The van der Waals surface area contributed by atoms with Crippen LogP contribution in [-0.4, -0.2) is 29.7 Å². The lowest BCUT2D eigenvalue weighted by Crippen LogP contribution is -2.31. The second-order valence-corrected chi connectivity index (χ2v) is 8.60. The molecule has 0 aliphatic carbocycles. The van der Waals surface area contributed by atoms with Crippen LogP contribution in [0, 0.1) is 0 Å². The molecular weight excluding hydrogens is 426 g/mol. The lowest BCUT2D eigenvalue weighted by Gasteiger charge is -2.26. The number of nitrogens with zero attached hydrogens (tertiary/aromatic N) is 1. The predicted molar refractivity (Wildman–Crippen MR) is 117 cm³/mol. The molecule has 0 heterocycles. The zero-order valence-electron chi connectivity index (χ0n) is 16.8. The maximum absolute atomic E-state index is 13.6. The van der Waals surface area contributed by atoms with Crippen LogP contribution in [0.1, 0.15) is 5.56 Å². The highest BCUT2D eigenvalue weighted by molar-refractivity contribution is 7.93. The number of rotatable bonds is 8. The van der Waals surface area contributed by atoms with Crippen molar-refractivity contribution in [3.8, 4) is 17.2 Å². The topological polar surface area (TPSA) is 65.1 Å². The Balaban J connectivity index is 2.17. The maximum Gasteiger partial charge on any atom is 0.266 e. The number of benzene rings is 3. The van der Waals surface area contributed by atoms with Crippen molar-refractivity contribution in [3.63, 3.8) is 0 Å². The SMILES string of the molecule is COc1cccc(CN(c2cc(OC)cc(OC)c2)S(=O)(=O)c2ccccc2Cl)c1. The van der Waals surface area contributed by atoms with Crippen molar-refractivity contribution >= 4 is 27.3 Å². The largest absolute Gasteiger partial charge is 0.497 e. The van der Waals surface area contributed by atoms with E-state index in [1.807, 2.05) is 6.07 Å². The van der Waals surface area contributed by atoms with Crippen LogP contribution in [0.25, 0.3) is 0 Å². The Morgan fingerprint density at radius 2 is 1.43 bits per heavy atom. The van der Waals surface area contributed by atoms with Crippen molar-refractivity contribution in [2.45, 2.75) is 11.4 Å². The smallest absolute Gasteiger partial charge is 0.266 e. The van der Waals surface area contributed by atoms with Crippen LogP contribution < -0.4 is 18.5 Å². The third-order valence-corrected chi connectivity index (χ3v) is 6.76. The number of methoxy groups -OCH3 is 3. The summed E-state index contributed by atoms with van der Waals surface area (Å²) in [6.45, 7) is 0.0566. The molecule has 3 rings (SSSR count). The van der Waals surface area contributed by atoms with E-state index in [4.69, 9.17) is 25.8 Å². The molecule has 0 bridgehead atoms. The summed E-state index contributed by atoms with van der Waals surface area (Å²) in [6.07, 6.45) is 0. The third kappa shape index (κ3) is 4.63. The second-order valence-electron chi connectivity index (χ2n) is 6.36. The Labute approximate surface area is 181 Å². The molecule has 0 aliphatic rings. The number of sulfonamides is 1.